The molecule has 2 aromatic rings. The number of nitrogens with zero attached hydrogens (tertiary/aromatic N) is 1. The summed E-state index contributed by atoms with van der Waals surface area (Å²) in [5.74, 6) is 0.293. The maximum Gasteiger partial charge on any atom is 0.313 e. The van der Waals surface area contributed by atoms with Crippen molar-refractivity contribution in [2.75, 3.05) is 27.4 Å². The molecule has 3 rings (SSSR count). The Kier molecular flexibility index (Phi) is 5.54. The molecule has 1 aliphatic rings. The first-order chi connectivity index (χ1) is 12.1. The van der Waals surface area contributed by atoms with Crippen LogP contribution in [0.4, 0.5) is 0 Å². The molecule has 0 radical (unpaired) electrons. The van der Waals surface area contributed by atoms with E-state index in [2.05, 4.69) is 4.57 Å². The Hall–Kier alpha value is -1.72. The third-order valence-corrected chi connectivity index (χ3v) is 5.14. The highest BCUT2D eigenvalue weighted by Crippen LogP contribution is 2.45. The van der Waals surface area contributed by atoms with E-state index in [9.17, 15) is 4.79 Å². The summed E-state index contributed by atoms with van der Waals surface area (Å²) in [6.07, 6.45) is 2.63. The van der Waals surface area contributed by atoms with Gasteiger partial charge in [-0.15, -0.1) is 0 Å². The van der Waals surface area contributed by atoms with Crippen molar-refractivity contribution in [1.82, 2.24) is 4.57 Å². The topological polar surface area (TPSA) is 49.7 Å². The number of hydrogen-bond acceptors (Lipinski definition) is 4. The van der Waals surface area contributed by atoms with Gasteiger partial charge in [0.15, 0.2) is 0 Å². The van der Waals surface area contributed by atoms with Gasteiger partial charge in [0, 0.05) is 24.7 Å². The van der Waals surface area contributed by atoms with Crippen molar-refractivity contribution in [3.8, 4) is 5.75 Å². The Balaban J connectivity index is 2.28. The number of methoxy groups -OCH3 is 2. The zero-order chi connectivity index (χ0) is 18.0. The second kappa shape index (κ2) is 7.67. The molecule has 136 valence electrons. The molecule has 25 heavy (non-hydrogen) atoms. The predicted octanol–water partition coefficient (Wildman–Crippen LogP) is 3.93. The molecule has 0 aliphatic heterocycles. The van der Waals surface area contributed by atoms with Crippen LogP contribution in [0.3, 0.4) is 0 Å². The second-order valence-corrected chi connectivity index (χ2v) is 6.58. The average molecular weight is 366 g/mol. The van der Waals surface area contributed by atoms with Crippen molar-refractivity contribution in [1.29, 1.82) is 0 Å². The van der Waals surface area contributed by atoms with Crippen LogP contribution in [0, 0.1) is 0 Å². The van der Waals surface area contributed by atoms with Crippen LogP contribution in [0.2, 0.25) is 5.02 Å². The molecule has 1 unspecified atom stereocenters. The third-order valence-electron chi connectivity index (χ3n) is 4.83. The maximum absolute atomic E-state index is 12.6. The van der Waals surface area contributed by atoms with Gasteiger partial charge in [0.1, 0.15) is 5.75 Å². The molecule has 0 spiro atoms. The van der Waals surface area contributed by atoms with E-state index < -0.39 is 0 Å². The maximum atomic E-state index is 12.6. The fourth-order valence-corrected chi connectivity index (χ4v) is 4.10. The number of rotatable bonds is 6. The van der Waals surface area contributed by atoms with Gasteiger partial charge in [0.2, 0.25) is 0 Å². The minimum absolute atomic E-state index is 0.170. The van der Waals surface area contributed by atoms with Crippen LogP contribution in [0.25, 0.3) is 10.9 Å². The van der Waals surface area contributed by atoms with Gasteiger partial charge in [-0.25, -0.2) is 0 Å². The van der Waals surface area contributed by atoms with Crippen molar-refractivity contribution in [2.24, 2.45) is 0 Å². The summed E-state index contributed by atoms with van der Waals surface area (Å²) in [6, 6.07) is 3.71. The van der Waals surface area contributed by atoms with Gasteiger partial charge in [0.05, 0.1) is 36.8 Å². The zero-order valence-electron chi connectivity index (χ0n) is 14.9. The summed E-state index contributed by atoms with van der Waals surface area (Å²) < 4.78 is 18.4. The van der Waals surface area contributed by atoms with Gasteiger partial charge in [-0.05, 0) is 43.9 Å². The van der Waals surface area contributed by atoms with Gasteiger partial charge < -0.3 is 18.8 Å². The molecule has 0 N–H and O–H groups in total. The van der Waals surface area contributed by atoms with Gasteiger partial charge in [0.25, 0.3) is 0 Å². The molecule has 6 heteroatoms. The average Bonchev–Trinajstić information content (AvgIpc) is 2.96. The first-order valence-corrected chi connectivity index (χ1v) is 9.04. The number of hydrogen-bond donors (Lipinski definition) is 0. The lowest BCUT2D eigenvalue weighted by Crippen LogP contribution is -2.22. The van der Waals surface area contributed by atoms with Crippen LogP contribution < -0.4 is 4.74 Å². The molecule has 0 fully saturated rings. The molecule has 0 bridgehead atoms. The van der Waals surface area contributed by atoms with Crippen LogP contribution in [-0.2, 0) is 27.2 Å². The summed E-state index contributed by atoms with van der Waals surface area (Å²) in [4.78, 5) is 12.6. The van der Waals surface area contributed by atoms with Crippen molar-refractivity contribution in [3.05, 3.63) is 28.4 Å². The van der Waals surface area contributed by atoms with Crippen LogP contribution >= 0.6 is 11.6 Å². The van der Waals surface area contributed by atoms with E-state index in [1.54, 1.807) is 14.2 Å². The number of ether oxygens (including phenoxy) is 3. The molecule has 0 saturated heterocycles. The van der Waals surface area contributed by atoms with E-state index in [0.717, 1.165) is 47.2 Å². The molecule has 1 atom stereocenters. The summed E-state index contributed by atoms with van der Waals surface area (Å²) >= 11 is 6.54. The Labute approximate surface area is 152 Å². The van der Waals surface area contributed by atoms with E-state index >= 15 is 0 Å². The van der Waals surface area contributed by atoms with Crippen LogP contribution in [-0.4, -0.2) is 38.0 Å². The minimum Gasteiger partial charge on any atom is -0.496 e. The lowest BCUT2D eigenvalue weighted by atomic mass is 9.85. The van der Waals surface area contributed by atoms with Gasteiger partial charge in [-0.1, -0.05) is 11.6 Å². The van der Waals surface area contributed by atoms with E-state index in [1.165, 1.54) is 0 Å². The number of esters is 1. The Morgan fingerprint density at radius 3 is 2.84 bits per heavy atom. The van der Waals surface area contributed by atoms with Crippen molar-refractivity contribution in [2.45, 2.75) is 38.6 Å². The van der Waals surface area contributed by atoms with Gasteiger partial charge >= 0.3 is 5.97 Å². The van der Waals surface area contributed by atoms with E-state index in [0.29, 0.717) is 24.8 Å². The molecule has 0 amide bonds. The zero-order valence-corrected chi connectivity index (χ0v) is 15.7. The smallest absolute Gasteiger partial charge is 0.313 e. The fourth-order valence-electron chi connectivity index (χ4n) is 3.84. The van der Waals surface area contributed by atoms with Gasteiger partial charge in [-0.2, -0.15) is 0 Å². The van der Waals surface area contributed by atoms with E-state index in [4.69, 9.17) is 25.8 Å². The molecular formula is C19H24ClNO4. The quantitative estimate of drug-likeness (QED) is 0.728. The Morgan fingerprint density at radius 1 is 1.36 bits per heavy atom. The lowest BCUT2D eigenvalue weighted by Gasteiger charge is -2.23. The SMILES string of the molecule is CCOC(=O)C1CCCc2c1c1c(OC)ccc(Cl)c1n2CCOC. The largest absolute Gasteiger partial charge is 0.496 e. The molecule has 1 aliphatic carbocycles. The molecule has 1 aromatic carbocycles. The highest BCUT2D eigenvalue weighted by Gasteiger charge is 2.34. The predicted molar refractivity (Wildman–Crippen MR) is 97.7 cm³/mol. The minimum atomic E-state index is -0.276. The van der Waals surface area contributed by atoms with E-state index in [1.807, 2.05) is 19.1 Å². The lowest BCUT2D eigenvalue weighted by molar-refractivity contribution is -0.145. The number of benzene rings is 1. The van der Waals surface area contributed by atoms with Crippen LogP contribution in [0.15, 0.2) is 12.1 Å². The fraction of sp³-hybridized carbons (Fsp3) is 0.526. The second-order valence-electron chi connectivity index (χ2n) is 6.17. The van der Waals surface area contributed by atoms with Crippen LogP contribution in [0.1, 0.15) is 36.9 Å². The Bertz CT molecular complexity index is 784. The standard InChI is InChI=1S/C19H24ClNO4/c1-4-25-19(22)12-6-5-7-14-16(12)17-15(24-3)9-8-13(20)18(17)21(14)10-11-23-2/h8-9,12H,4-7,10-11H2,1-3H3. The van der Waals surface area contributed by atoms with Gasteiger partial charge in [-0.3, -0.25) is 4.79 Å². The summed E-state index contributed by atoms with van der Waals surface area (Å²) in [5, 5.41) is 1.59. The Morgan fingerprint density at radius 2 is 2.16 bits per heavy atom. The first-order valence-electron chi connectivity index (χ1n) is 8.67. The number of carbonyl (C=O) groups excluding carboxylic acids is 1. The summed E-state index contributed by atoms with van der Waals surface area (Å²) in [7, 11) is 3.32. The molecular weight excluding hydrogens is 342 g/mol. The highest BCUT2D eigenvalue weighted by molar-refractivity contribution is 6.35. The number of aromatic nitrogens is 1. The number of carbonyl (C=O) groups is 1. The third kappa shape index (κ3) is 3.11. The molecule has 0 saturated carbocycles. The molecule has 1 heterocycles. The van der Waals surface area contributed by atoms with Crippen molar-refractivity contribution >= 4 is 28.5 Å². The van der Waals surface area contributed by atoms with E-state index in [-0.39, 0.29) is 11.9 Å². The van der Waals surface area contributed by atoms with Crippen molar-refractivity contribution < 1.29 is 19.0 Å². The number of fused-ring (bicyclic) bond motifs is 3. The van der Waals surface area contributed by atoms with Crippen molar-refractivity contribution in [3.63, 3.8) is 0 Å². The van der Waals surface area contributed by atoms with Crippen LogP contribution in [0.5, 0.6) is 5.75 Å². The monoisotopic (exact) mass is 365 g/mol. The summed E-state index contributed by atoms with van der Waals surface area (Å²) in [6.45, 7) is 3.48. The highest BCUT2D eigenvalue weighted by atomic mass is 35.5. The number of halogens is 1. The summed E-state index contributed by atoms with van der Waals surface area (Å²) in [5.41, 5.74) is 3.07. The normalized spacial score (nSPS) is 16.7. The molecule has 5 nitrogen and oxygen atoms in total. The molecule has 1 aromatic heterocycles. The first kappa shape index (κ1) is 18.1.